The molecule has 5 heteroatoms. The SMILES string of the molecule is Cc1cc(C(=O)CC(c2cccc(-c3ccc(C(=O)O)nc3)c2)c2ccccc2C)ccn1. The van der Waals surface area contributed by atoms with Gasteiger partial charge in [-0.3, -0.25) is 9.78 Å². The van der Waals surface area contributed by atoms with E-state index in [0.717, 1.165) is 33.5 Å². The van der Waals surface area contributed by atoms with Gasteiger partial charge in [-0.05, 0) is 54.3 Å². The van der Waals surface area contributed by atoms with E-state index in [9.17, 15) is 9.59 Å². The molecule has 0 spiro atoms. The van der Waals surface area contributed by atoms with Crippen molar-refractivity contribution in [3.63, 3.8) is 0 Å². The third-order valence-corrected chi connectivity index (χ3v) is 5.78. The largest absolute Gasteiger partial charge is 0.477 e. The van der Waals surface area contributed by atoms with Crippen LogP contribution in [0.5, 0.6) is 0 Å². The minimum atomic E-state index is -1.06. The van der Waals surface area contributed by atoms with E-state index in [-0.39, 0.29) is 17.4 Å². The summed E-state index contributed by atoms with van der Waals surface area (Å²) in [6.07, 6.45) is 3.56. The number of aromatic carboxylic acids is 1. The number of ketones is 1. The molecule has 5 nitrogen and oxygen atoms in total. The van der Waals surface area contributed by atoms with Crippen LogP contribution < -0.4 is 0 Å². The minimum absolute atomic E-state index is 0.00549. The van der Waals surface area contributed by atoms with Crippen molar-refractivity contribution in [1.29, 1.82) is 0 Å². The first-order valence-electron chi connectivity index (χ1n) is 10.7. The van der Waals surface area contributed by atoms with Gasteiger partial charge in [-0.2, -0.15) is 0 Å². The number of carbonyl (C=O) groups is 2. The summed E-state index contributed by atoms with van der Waals surface area (Å²) in [7, 11) is 0. The van der Waals surface area contributed by atoms with Crippen molar-refractivity contribution in [3.05, 3.63) is 119 Å². The molecule has 0 radical (unpaired) electrons. The lowest BCUT2D eigenvalue weighted by Crippen LogP contribution is -2.11. The van der Waals surface area contributed by atoms with Gasteiger partial charge in [-0.15, -0.1) is 0 Å². The second-order valence-electron chi connectivity index (χ2n) is 8.09. The van der Waals surface area contributed by atoms with Crippen molar-refractivity contribution in [2.24, 2.45) is 0 Å². The Labute approximate surface area is 192 Å². The summed E-state index contributed by atoms with van der Waals surface area (Å²) in [5.74, 6) is -1.12. The van der Waals surface area contributed by atoms with E-state index >= 15 is 0 Å². The summed E-state index contributed by atoms with van der Waals surface area (Å²) in [4.78, 5) is 32.6. The Kier molecular flexibility index (Phi) is 6.41. The van der Waals surface area contributed by atoms with Gasteiger partial charge in [-0.25, -0.2) is 9.78 Å². The van der Waals surface area contributed by atoms with Crippen LogP contribution in [0.2, 0.25) is 0 Å². The number of nitrogens with zero attached hydrogens (tertiary/aromatic N) is 2. The van der Waals surface area contributed by atoms with Crippen molar-refractivity contribution in [3.8, 4) is 11.1 Å². The standard InChI is InChI=1S/C28H24N2O3/c1-18-6-3-4-9-24(18)25(16-27(31)22-12-13-29-19(2)14-22)21-8-5-7-20(15-21)23-10-11-26(28(32)33)30-17-23/h3-15,17,25H,16H2,1-2H3,(H,32,33). The molecule has 1 atom stereocenters. The zero-order valence-corrected chi connectivity index (χ0v) is 18.5. The number of aryl methyl sites for hydroxylation is 2. The van der Waals surface area contributed by atoms with Gasteiger partial charge >= 0.3 is 5.97 Å². The fraction of sp³-hybridized carbons (Fsp3) is 0.143. The number of hydrogen-bond donors (Lipinski definition) is 1. The maximum absolute atomic E-state index is 13.2. The number of pyridine rings is 2. The highest BCUT2D eigenvalue weighted by molar-refractivity contribution is 5.97. The van der Waals surface area contributed by atoms with Crippen molar-refractivity contribution < 1.29 is 14.7 Å². The van der Waals surface area contributed by atoms with Gasteiger partial charge in [0, 0.05) is 41.6 Å². The second-order valence-corrected chi connectivity index (χ2v) is 8.09. The lowest BCUT2D eigenvalue weighted by Gasteiger charge is -2.20. The Morgan fingerprint density at radius 1 is 0.879 bits per heavy atom. The number of benzene rings is 2. The Balaban J connectivity index is 1.73. The summed E-state index contributed by atoms with van der Waals surface area (Å²) >= 11 is 0. The van der Waals surface area contributed by atoms with Gasteiger partial charge in [0.25, 0.3) is 0 Å². The van der Waals surface area contributed by atoms with E-state index in [1.807, 2.05) is 43.3 Å². The molecule has 0 aliphatic rings. The summed E-state index contributed by atoms with van der Waals surface area (Å²) in [6.45, 7) is 3.94. The first kappa shape index (κ1) is 22.1. The van der Waals surface area contributed by atoms with Gasteiger partial charge in [0.1, 0.15) is 5.69 Å². The van der Waals surface area contributed by atoms with Gasteiger partial charge in [0.05, 0.1) is 0 Å². The molecule has 4 rings (SSSR count). The highest BCUT2D eigenvalue weighted by atomic mass is 16.4. The summed E-state index contributed by atoms with van der Waals surface area (Å²) in [6, 6.07) is 23.0. The van der Waals surface area contributed by atoms with Crippen LogP contribution in [-0.2, 0) is 0 Å². The number of carbonyl (C=O) groups excluding carboxylic acids is 1. The van der Waals surface area contributed by atoms with Crippen LogP contribution >= 0.6 is 0 Å². The van der Waals surface area contributed by atoms with Crippen molar-refractivity contribution in [1.82, 2.24) is 9.97 Å². The van der Waals surface area contributed by atoms with Gasteiger partial charge in [0.2, 0.25) is 0 Å². The first-order chi connectivity index (χ1) is 15.9. The molecule has 1 N–H and O–H groups in total. The maximum atomic E-state index is 13.2. The van der Waals surface area contributed by atoms with E-state index in [0.29, 0.717) is 12.0 Å². The Morgan fingerprint density at radius 3 is 2.39 bits per heavy atom. The molecule has 0 saturated heterocycles. The van der Waals surface area contributed by atoms with Crippen LogP contribution in [0.1, 0.15) is 55.6 Å². The molecule has 0 amide bonds. The van der Waals surface area contributed by atoms with Crippen molar-refractivity contribution in [2.75, 3.05) is 0 Å². The molecule has 164 valence electrons. The summed E-state index contributed by atoms with van der Waals surface area (Å²) in [5, 5.41) is 9.11. The predicted molar refractivity (Wildman–Crippen MR) is 128 cm³/mol. The number of hydrogen-bond acceptors (Lipinski definition) is 4. The number of aromatic nitrogens is 2. The van der Waals surface area contributed by atoms with Crippen LogP contribution in [0.15, 0.2) is 85.2 Å². The monoisotopic (exact) mass is 436 g/mol. The maximum Gasteiger partial charge on any atom is 0.354 e. The van der Waals surface area contributed by atoms with Crippen LogP contribution in [0.4, 0.5) is 0 Å². The molecule has 2 aromatic carbocycles. The predicted octanol–water partition coefficient (Wildman–Crippen LogP) is 5.86. The Morgan fingerprint density at radius 2 is 1.70 bits per heavy atom. The molecule has 2 aromatic heterocycles. The van der Waals surface area contributed by atoms with Crippen LogP contribution in [0.25, 0.3) is 11.1 Å². The smallest absolute Gasteiger partial charge is 0.354 e. The average molecular weight is 437 g/mol. The Hall–Kier alpha value is -4.12. The Bertz CT molecular complexity index is 1310. The summed E-state index contributed by atoms with van der Waals surface area (Å²) in [5.41, 5.74) is 6.46. The molecule has 0 aliphatic carbocycles. The van der Waals surface area contributed by atoms with Gasteiger partial charge in [-0.1, -0.05) is 54.6 Å². The molecule has 0 bridgehead atoms. The lowest BCUT2D eigenvalue weighted by atomic mass is 9.83. The van der Waals surface area contributed by atoms with Gasteiger partial charge in [0.15, 0.2) is 5.78 Å². The zero-order chi connectivity index (χ0) is 23.4. The summed E-state index contributed by atoms with van der Waals surface area (Å²) < 4.78 is 0. The van der Waals surface area contributed by atoms with E-state index in [2.05, 4.69) is 35.1 Å². The van der Waals surface area contributed by atoms with E-state index in [1.54, 1.807) is 24.5 Å². The van der Waals surface area contributed by atoms with E-state index in [1.165, 1.54) is 6.07 Å². The molecule has 0 saturated carbocycles. The molecule has 0 fully saturated rings. The quantitative estimate of drug-likeness (QED) is 0.367. The fourth-order valence-corrected chi connectivity index (χ4v) is 4.03. The molecule has 2 heterocycles. The molecule has 1 unspecified atom stereocenters. The molecular formula is C28H24N2O3. The minimum Gasteiger partial charge on any atom is -0.477 e. The number of carboxylic acid groups (broad SMARTS) is 1. The van der Waals surface area contributed by atoms with E-state index in [4.69, 9.17) is 5.11 Å². The van der Waals surface area contributed by atoms with Crippen LogP contribution in [0, 0.1) is 13.8 Å². The fourth-order valence-electron chi connectivity index (χ4n) is 4.03. The third-order valence-electron chi connectivity index (χ3n) is 5.78. The number of Topliss-reactive ketones (excluding diaryl/α,β-unsaturated/α-hetero) is 1. The number of carboxylic acids is 1. The second kappa shape index (κ2) is 9.57. The van der Waals surface area contributed by atoms with Crippen LogP contribution in [0.3, 0.4) is 0 Å². The molecular weight excluding hydrogens is 412 g/mol. The topological polar surface area (TPSA) is 80.2 Å². The first-order valence-corrected chi connectivity index (χ1v) is 10.7. The van der Waals surface area contributed by atoms with Crippen molar-refractivity contribution in [2.45, 2.75) is 26.2 Å². The number of rotatable bonds is 7. The molecule has 0 aliphatic heterocycles. The molecule has 33 heavy (non-hydrogen) atoms. The zero-order valence-electron chi connectivity index (χ0n) is 18.5. The average Bonchev–Trinajstić information content (AvgIpc) is 2.83. The highest BCUT2D eigenvalue weighted by Crippen LogP contribution is 2.34. The molecule has 4 aromatic rings. The lowest BCUT2D eigenvalue weighted by molar-refractivity contribution is 0.0690. The van der Waals surface area contributed by atoms with E-state index < -0.39 is 5.97 Å². The normalized spacial score (nSPS) is 11.7. The van der Waals surface area contributed by atoms with Gasteiger partial charge < -0.3 is 5.11 Å². The van der Waals surface area contributed by atoms with Crippen LogP contribution in [-0.4, -0.2) is 26.8 Å². The van der Waals surface area contributed by atoms with Crippen molar-refractivity contribution >= 4 is 11.8 Å². The third kappa shape index (κ3) is 5.04. The highest BCUT2D eigenvalue weighted by Gasteiger charge is 2.21.